The molecule has 3 fully saturated rings. The van der Waals surface area contributed by atoms with Gasteiger partial charge in [0, 0.05) is 79.3 Å². The molecule has 5 heterocycles. The van der Waals surface area contributed by atoms with Crippen molar-refractivity contribution in [2.45, 2.75) is 155 Å². The number of anilines is 4. The Kier molecular flexibility index (Phi) is 20.0. The highest BCUT2D eigenvalue weighted by molar-refractivity contribution is 9.10. The highest BCUT2D eigenvalue weighted by Gasteiger charge is 2.52. The minimum absolute atomic E-state index is 0.000135. The van der Waals surface area contributed by atoms with E-state index in [1.165, 1.54) is 46.3 Å². The van der Waals surface area contributed by atoms with Crippen LogP contribution >= 0.6 is 15.9 Å². The van der Waals surface area contributed by atoms with E-state index in [2.05, 4.69) is 61.5 Å². The molecule has 0 amide bonds. The molecule has 2 saturated carbocycles. The van der Waals surface area contributed by atoms with Crippen molar-refractivity contribution in [1.29, 1.82) is 0 Å². The lowest BCUT2D eigenvalue weighted by molar-refractivity contribution is -0.144. The molecule has 9 rings (SSSR count). The fourth-order valence-electron chi connectivity index (χ4n) is 10.9. The van der Waals surface area contributed by atoms with Gasteiger partial charge in [-0.05, 0) is 159 Å². The van der Waals surface area contributed by atoms with Crippen LogP contribution in [0.25, 0.3) is 0 Å². The number of alkyl halides is 12. The number of hydrogen-bond acceptors (Lipinski definition) is 14. The van der Waals surface area contributed by atoms with E-state index < -0.39 is 65.3 Å². The van der Waals surface area contributed by atoms with Crippen LogP contribution in [-0.4, -0.2) is 94.9 Å². The topological polar surface area (TPSA) is 144 Å². The van der Waals surface area contributed by atoms with Crippen LogP contribution in [0.3, 0.4) is 0 Å². The zero-order chi connectivity index (χ0) is 62.7. The average molecular weight is 1290 g/mol. The highest BCUT2D eigenvalue weighted by atomic mass is 79.9. The smallest absolute Gasteiger partial charge is 0.399 e. The van der Waals surface area contributed by atoms with Gasteiger partial charge in [0.05, 0.1) is 54.1 Å². The van der Waals surface area contributed by atoms with Crippen LogP contribution in [0.1, 0.15) is 137 Å². The Balaban J connectivity index is 0.000000227. The molecule has 1 saturated heterocycles. The second kappa shape index (κ2) is 26.2. The van der Waals surface area contributed by atoms with Gasteiger partial charge in [0.2, 0.25) is 0 Å². The normalized spacial score (nSPS) is 16.6. The Morgan fingerprint density at radius 1 is 0.523 bits per heavy atom. The van der Waals surface area contributed by atoms with Gasteiger partial charge in [0.1, 0.15) is 11.6 Å². The third-order valence-corrected chi connectivity index (χ3v) is 16.4. The van der Waals surface area contributed by atoms with E-state index in [0.29, 0.717) is 52.1 Å². The third kappa shape index (κ3) is 16.5. The van der Waals surface area contributed by atoms with Crippen LogP contribution in [0.2, 0.25) is 0 Å². The number of hydrogen-bond donors (Lipinski definition) is 0. The summed E-state index contributed by atoms with van der Waals surface area (Å²) in [6.45, 7) is 14.1. The molecule has 16 nitrogen and oxygen atoms in total. The van der Waals surface area contributed by atoms with Crippen LogP contribution in [0, 0.1) is 11.8 Å². The Morgan fingerprint density at radius 2 is 0.884 bits per heavy atom. The maximum atomic E-state index is 13.7. The van der Waals surface area contributed by atoms with Gasteiger partial charge in [0.15, 0.2) is 0 Å². The summed E-state index contributed by atoms with van der Waals surface area (Å²) in [5, 5.41) is 24.2. The van der Waals surface area contributed by atoms with Gasteiger partial charge in [-0.15, -0.1) is 10.2 Å². The number of halogens is 13. The molecule has 0 N–H and O–H groups in total. The fraction of sp³-hybridized carbons (Fsp3) is 0.571. The van der Waals surface area contributed by atoms with Crippen molar-refractivity contribution in [2.75, 3.05) is 45.8 Å². The zero-order valence-electron chi connectivity index (χ0n) is 48.8. The molecular formula is C56H68BBrF12N14O2. The Bertz CT molecular complexity index is 3170. The Hall–Kier alpha value is -6.30. The van der Waals surface area contributed by atoms with Gasteiger partial charge in [-0.25, -0.2) is 9.97 Å². The van der Waals surface area contributed by atoms with Crippen molar-refractivity contribution in [3.63, 3.8) is 0 Å². The highest BCUT2D eigenvalue weighted by Crippen LogP contribution is 2.41. The molecule has 0 spiro atoms. The molecule has 2 aromatic carbocycles. The molecular weight excluding hydrogens is 1220 g/mol. The molecule has 0 unspecified atom stereocenters. The quantitative estimate of drug-likeness (QED) is 0.0560. The molecule has 2 aliphatic carbocycles. The van der Waals surface area contributed by atoms with Crippen molar-refractivity contribution in [3.8, 4) is 0 Å². The fourth-order valence-corrected chi connectivity index (χ4v) is 11.3. The molecule has 0 bridgehead atoms. The van der Waals surface area contributed by atoms with E-state index in [9.17, 15) is 52.7 Å². The average Bonchev–Trinajstić information content (AvgIpc) is 1.89. The van der Waals surface area contributed by atoms with Crippen molar-refractivity contribution in [3.05, 3.63) is 110 Å². The Labute approximate surface area is 499 Å². The molecule has 30 heteroatoms. The first-order valence-corrected chi connectivity index (χ1v) is 29.0. The summed E-state index contributed by atoms with van der Waals surface area (Å²) in [6.07, 6.45) is -7.34. The van der Waals surface area contributed by atoms with Crippen LogP contribution in [-0.2, 0) is 74.3 Å². The lowest BCUT2D eigenvalue weighted by Crippen LogP contribution is -2.41. The van der Waals surface area contributed by atoms with Crippen molar-refractivity contribution in [1.82, 2.24) is 50.4 Å². The third-order valence-electron chi connectivity index (χ3n) is 16.0. The van der Waals surface area contributed by atoms with Crippen LogP contribution in [0.4, 0.5) is 76.2 Å². The van der Waals surface area contributed by atoms with Crippen LogP contribution < -0.4 is 25.1 Å². The SMILES string of the molecule is CCN(CC1CCCC1)c1ncc(B2OC(C)(C)C(C)(C)O2)cc1CN(Cc1cc(C(F)(F)F)cc(C(F)(F)F)c1)c1nnn(C)n1.CCN(CC1CCCC1)c1ncc(Br)cc1CN(Cc1cc(C(F)(F)F)cc(C(F)(F)F)c1)c1nnn(C)n1. The number of tetrazole rings is 2. The van der Waals surface area contributed by atoms with Crippen LogP contribution in [0.15, 0.2) is 65.4 Å². The minimum atomic E-state index is -4.98. The summed E-state index contributed by atoms with van der Waals surface area (Å²) >= 11 is 3.44. The van der Waals surface area contributed by atoms with E-state index in [1.807, 2.05) is 53.7 Å². The molecule has 86 heavy (non-hydrogen) atoms. The Morgan fingerprint density at radius 3 is 1.22 bits per heavy atom. The number of rotatable bonds is 19. The summed E-state index contributed by atoms with van der Waals surface area (Å²) in [5.74, 6) is 2.45. The second-order valence-electron chi connectivity index (χ2n) is 23.1. The molecule has 1 aliphatic heterocycles. The van der Waals surface area contributed by atoms with E-state index in [1.54, 1.807) is 12.4 Å². The van der Waals surface area contributed by atoms with Crippen molar-refractivity contribution < 1.29 is 62.0 Å². The summed E-state index contributed by atoms with van der Waals surface area (Å²) < 4.78 is 177. The van der Waals surface area contributed by atoms with Gasteiger partial charge in [-0.1, -0.05) is 41.9 Å². The lowest BCUT2D eigenvalue weighted by atomic mass is 9.79. The van der Waals surface area contributed by atoms with Gasteiger partial charge in [-0.2, -0.15) is 62.3 Å². The number of aryl methyl sites for hydroxylation is 2. The van der Waals surface area contributed by atoms with Crippen molar-refractivity contribution >= 4 is 52.0 Å². The second-order valence-corrected chi connectivity index (χ2v) is 24.0. The molecule has 4 aromatic heterocycles. The van der Waals surface area contributed by atoms with Gasteiger partial charge >= 0.3 is 31.8 Å². The monoisotopic (exact) mass is 1290 g/mol. The lowest BCUT2D eigenvalue weighted by Gasteiger charge is -2.32. The molecule has 468 valence electrons. The largest absolute Gasteiger partial charge is 0.496 e. The maximum Gasteiger partial charge on any atom is 0.496 e. The first kappa shape index (κ1) is 65.7. The van der Waals surface area contributed by atoms with Crippen molar-refractivity contribution in [2.24, 2.45) is 25.9 Å². The van der Waals surface area contributed by atoms with E-state index >= 15 is 0 Å². The van der Waals surface area contributed by atoms with Gasteiger partial charge in [-0.3, -0.25) is 0 Å². The van der Waals surface area contributed by atoms with Crippen LogP contribution in [0.5, 0.6) is 0 Å². The molecule has 0 radical (unpaired) electrons. The first-order valence-electron chi connectivity index (χ1n) is 28.2. The summed E-state index contributed by atoms with van der Waals surface area (Å²) in [5.41, 5.74) is -5.18. The van der Waals surface area contributed by atoms with E-state index in [0.717, 1.165) is 81.4 Å². The predicted octanol–water partition coefficient (Wildman–Crippen LogP) is 12.8. The summed E-state index contributed by atoms with van der Waals surface area (Å²) in [4.78, 5) is 19.2. The zero-order valence-corrected chi connectivity index (χ0v) is 50.4. The number of pyridine rings is 2. The number of aromatic nitrogens is 10. The minimum Gasteiger partial charge on any atom is -0.399 e. The molecule has 0 atom stereocenters. The van der Waals surface area contributed by atoms with Gasteiger partial charge in [0.25, 0.3) is 11.9 Å². The number of benzene rings is 2. The molecule has 6 aromatic rings. The van der Waals surface area contributed by atoms with E-state index in [4.69, 9.17) is 14.3 Å². The first-order chi connectivity index (χ1) is 40.2. The maximum absolute atomic E-state index is 13.7. The molecule has 3 aliphatic rings. The standard InChI is InChI=1S/C31H40BF6N7O2.C25H28BrF6N7/c1-7-44(17-20-10-8-9-11-20)26-22(14-25(16-39-26)32-46-28(2,3)29(4,5)47-32)19-45(27-40-42-43(6)41-27)18-21-12-23(30(33,34)35)15-24(13-21)31(36,37)38;1-3-38(13-16-6-4-5-7-16)22-18(10-21(26)12-33-22)15-39(23-34-36-37(2)35-23)14-17-8-19(24(27,28)29)11-20(9-17)25(30,31)32/h12-16,20H,7-11,17-19H2,1-6H3;8-12,16H,3-7,13-15H2,1-2H3. The number of nitrogens with zero attached hydrogens (tertiary/aromatic N) is 14. The van der Waals surface area contributed by atoms with E-state index in [-0.39, 0.29) is 61.3 Å². The van der Waals surface area contributed by atoms with Gasteiger partial charge < -0.3 is 28.9 Å². The summed E-state index contributed by atoms with van der Waals surface area (Å²) in [7, 11) is 2.30. The predicted molar refractivity (Wildman–Crippen MR) is 302 cm³/mol. The summed E-state index contributed by atoms with van der Waals surface area (Å²) in [6, 6.07) is 6.83.